The molecule has 2 aliphatic heterocycles. The summed E-state index contributed by atoms with van der Waals surface area (Å²) in [7, 11) is 0. The average molecular weight is 244 g/mol. The van der Waals surface area contributed by atoms with Gasteiger partial charge in [0.1, 0.15) is 5.60 Å². The number of carbonyl (C=O) groups excluding carboxylic acids is 1. The van der Waals surface area contributed by atoms with Crippen molar-refractivity contribution in [1.29, 1.82) is 0 Å². The topological polar surface area (TPSA) is 60.0 Å². The summed E-state index contributed by atoms with van der Waals surface area (Å²) in [6.45, 7) is 8.22. The van der Waals surface area contributed by atoms with Crippen LogP contribution in [0.1, 0.15) is 20.8 Å². The van der Waals surface area contributed by atoms with Gasteiger partial charge in [0, 0.05) is 6.54 Å². The van der Waals surface area contributed by atoms with Crippen molar-refractivity contribution in [2.24, 2.45) is 0 Å². The van der Waals surface area contributed by atoms with Crippen molar-refractivity contribution >= 4 is 6.16 Å². The molecule has 0 aromatic rings. The third-order valence-corrected chi connectivity index (χ3v) is 2.67. The number of hydrogen-bond donors (Lipinski definition) is 1. The molecule has 2 fully saturated rings. The highest BCUT2D eigenvalue weighted by Gasteiger charge is 2.37. The van der Waals surface area contributed by atoms with Crippen LogP contribution < -0.4 is 5.32 Å². The quantitative estimate of drug-likeness (QED) is 0.679. The van der Waals surface area contributed by atoms with Crippen LogP contribution in [0.15, 0.2) is 0 Å². The second kappa shape index (κ2) is 4.80. The molecule has 17 heavy (non-hydrogen) atoms. The lowest BCUT2D eigenvalue weighted by Crippen LogP contribution is -2.47. The van der Waals surface area contributed by atoms with Gasteiger partial charge >= 0.3 is 6.16 Å². The number of morpholine rings is 1. The van der Waals surface area contributed by atoms with Crippen molar-refractivity contribution in [3.05, 3.63) is 0 Å². The highest BCUT2D eigenvalue weighted by atomic mass is 16.8. The van der Waals surface area contributed by atoms with Gasteiger partial charge in [-0.25, -0.2) is 4.79 Å². The minimum absolute atomic E-state index is 0.103. The smallest absolute Gasteiger partial charge is 0.427 e. The lowest BCUT2D eigenvalue weighted by atomic mass is 10.2. The Morgan fingerprint density at radius 2 is 2.18 bits per heavy atom. The van der Waals surface area contributed by atoms with E-state index in [1.165, 1.54) is 0 Å². The number of hydroxylamine groups is 2. The van der Waals surface area contributed by atoms with E-state index < -0.39 is 11.8 Å². The van der Waals surface area contributed by atoms with Gasteiger partial charge in [-0.05, 0) is 20.8 Å². The second-order valence-electron chi connectivity index (χ2n) is 5.37. The molecular weight excluding hydrogens is 224 g/mol. The maximum absolute atomic E-state index is 11.5. The molecule has 2 aliphatic rings. The van der Waals surface area contributed by atoms with Gasteiger partial charge in [-0.3, -0.25) is 0 Å². The Morgan fingerprint density at radius 3 is 2.82 bits per heavy atom. The SMILES string of the molecule is CC(C)(C)OC(=O)ON1CC2NCCO[C@H]2C1. The summed E-state index contributed by atoms with van der Waals surface area (Å²) in [6, 6.07) is 0.242. The molecule has 98 valence electrons. The summed E-state index contributed by atoms with van der Waals surface area (Å²) < 4.78 is 10.7. The van der Waals surface area contributed by atoms with E-state index in [0.717, 1.165) is 6.54 Å². The first kappa shape index (κ1) is 12.6. The molecule has 2 heterocycles. The summed E-state index contributed by atoms with van der Waals surface area (Å²) >= 11 is 0. The van der Waals surface area contributed by atoms with Crippen LogP contribution in [-0.2, 0) is 14.3 Å². The molecule has 0 spiro atoms. The standard InChI is InChI=1S/C11H20N2O4/c1-11(2,3)16-10(14)17-13-6-8-9(7-13)15-5-4-12-8/h8-9,12H,4-7H2,1-3H3/t8?,9-/m0/s1. The van der Waals surface area contributed by atoms with Gasteiger partial charge in [0.05, 0.1) is 31.8 Å². The van der Waals surface area contributed by atoms with Crippen LogP contribution in [0.2, 0.25) is 0 Å². The second-order valence-corrected chi connectivity index (χ2v) is 5.37. The van der Waals surface area contributed by atoms with E-state index in [9.17, 15) is 4.79 Å². The van der Waals surface area contributed by atoms with Gasteiger partial charge in [-0.1, -0.05) is 0 Å². The van der Waals surface area contributed by atoms with Crippen molar-refractivity contribution in [3.8, 4) is 0 Å². The van der Waals surface area contributed by atoms with E-state index in [0.29, 0.717) is 19.7 Å². The summed E-state index contributed by atoms with van der Waals surface area (Å²) in [5, 5.41) is 4.93. The predicted molar refractivity (Wildman–Crippen MR) is 60.4 cm³/mol. The van der Waals surface area contributed by atoms with Crippen LogP contribution in [0.25, 0.3) is 0 Å². The predicted octanol–water partition coefficient (Wildman–Crippen LogP) is 0.526. The number of rotatable bonds is 1. The molecule has 1 unspecified atom stereocenters. The van der Waals surface area contributed by atoms with E-state index in [1.54, 1.807) is 5.06 Å². The van der Waals surface area contributed by atoms with Crippen molar-refractivity contribution < 1.29 is 19.1 Å². The Hall–Kier alpha value is -0.850. The van der Waals surface area contributed by atoms with Gasteiger partial charge in [0.2, 0.25) is 0 Å². The van der Waals surface area contributed by atoms with Crippen molar-refractivity contribution in [3.63, 3.8) is 0 Å². The number of hydrogen-bond acceptors (Lipinski definition) is 6. The largest absolute Gasteiger partial charge is 0.528 e. The Morgan fingerprint density at radius 1 is 1.41 bits per heavy atom. The van der Waals surface area contributed by atoms with Crippen LogP contribution in [0.5, 0.6) is 0 Å². The Labute approximate surface area is 101 Å². The maximum atomic E-state index is 11.5. The molecule has 2 rings (SSSR count). The molecule has 0 aromatic carbocycles. The fourth-order valence-electron chi connectivity index (χ4n) is 2.01. The van der Waals surface area contributed by atoms with E-state index in [2.05, 4.69) is 5.32 Å². The number of ether oxygens (including phenoxy) is 2. The average Bonchev–Trinajstić information content (AvgIpc) is 2.55. The Balaban J connectivity index is 1.79. The Bertz CT molecular complexity index is 276. The molecule has 0 bridgehead atoms. The first-order valence-corrected chi connectivity index (χ1v) is 5.95. The minimum atomic E-state index is -0.656. The molecular formula is C11H20N2O4. The van der Waals surface area contributed by atoms with E-state index in [4.69, 9.17) is 14.3 Å². The number of carbonyl (C=O) groups is 1. The fraction of sp³-hybridized carbons (Fsp3) is 0.909. The fourth-order valence-corrected chi connectivity index (χ4v) is 2.01. The lowest BCUT2D eigenvalue weighted by Gasteiger charge is -2.25. The number of nitrogens with one attached hydrogen (secondary N) is 1. The normalized spacial score (nSPS) is 29.8. The van der Waals surface area contributed by atoms with Gasteiger partial charge in [-0.15, -0.1) is 5.06 Å². The third kappa shape index (κ3) is 3.55. The highest BCUT2D eigenvalue weighted by Crippen LogP contribution is 2.17. The first-order chi connectivity index (χ1) is 7.94. The zero-order valence-electron chi connectivity index (χ0n) is 10.6. The van der Waals surface area contributed by atoms with Gasteiger partial charge < -0.3 is 19.6 Å². The Kier molecular flexibility index (Phi) is 3.56. The lowest BCUT2D eigenvalue weighted by molar-refractivity contribution is -0.135. The zero-order valence-corrected chi connectivity index (χ0v) is 10.6. The molecule has 6 heteroatoms. The van der Waals surface area contributed by atoms with E-state index >= 15 is 0 Å². The summed E-state index contributed by atoms with van der Waals surface area (Å²) in [5.41, 5.74) is -0.529. The van der Waals surface area contributed by atoms with Crippen LogP contribution in [0.3, 0.4) is 0 Å². The number of nitrogens with zero attached hydrogens (tertiary/aromatic N) is 1. The van der Waals surface area contributed by atoms with E-state index in [1.807, 2.05) is 20.8 Å². The van der Waals surface area contributed by atoms with Crippen LogP contribution in [-0.4, -0.2) is 55.2 Å². The summed E-state index contributed by atoms with van der Waals surface area (Å²) in [6.07, 6.45) is -0.553. The summed E-state index contributed by atoms with van der Waals surface area (Å²) in [4.78, 5) is 16.6. The third-order valence-electron chi connectivity index (χ3n) is 2.67. The molecule has 0 radical (unpaired) electrons. The monoisotopic (exact) mass is 244 g/mol. The molecule has 0 aliphatic carbocycles. The van der Waals surface area contributed by atoms with Crippen molar-refractivity contribution in [2.45, 2.75) is 38.5 Å². The molecule has 0 aromatic heterocycles. The van der Waals surface area contributed by atoms with Gasteiger partial charge in [0.15, 0.2) is 0 Å². The summed E-state index contributed by atoms with van der Waals surface area (Å²) in [5.74, 6) is 0. The minimum Gasteiger partial charge on any atom is -0.427 e. The molecule has 0 amide bonds. The zero-order chi connectivity index (χ0) is 12.5. The van der Waals surface area contributed by atoms with Crippen LogP contribution in [0.4, 0.5) is 4.79 Å². The molecule has 1 N–H and O–H groups in total. The van der Waals surface area contributed by atoms with E-state index in [-0.39, 0.29) is 12.1 Å². The number of fused-ring (bicyclic) bond motifs is 1. The van der Waals surface area contributed by atoms with Crippen LogP contribution in [0, 0.1) is 0 Å². The molecule has 2 saturated heterocycles. The molecule has 2 atom stereocenters. The maximum Gasteiger partial charge on any atom is 0.528 e. The van der Waals surface area contributed by atoms with Crippen LogP contribution >= 0.6 is 0 Å². The highest BCUT2D eigenvalue weighted by molar-refractivity contribution is 5.60. The molecule has 6 nitrogen and oxygen atoms in total. The first-order valence-electron chi connectivity index (χ1n) is 5.95. The van der Waals surface area contributed by atoms with Crippen molar-refractivity contribution in [1.82, 2.24) is 10.4 Å². The van der Waals surface area contributed by atoms with Gasteiger partial charge in [0.25, 0.3) is 0 Å². The molecule has 0 saturated carbocycles. The van der Waals surface area contributed by atoms with Crippen molar-refractivity contribution in [2.75, 3.05) is 26.2 Å². The van der Waals surface area contributed by atoms with Gasteiger partial charge in [-0.2, -0.15) is 0 Å².